The highest BCUT2D eigenvalue weighted by Crippen LogP contribution is 2.13. The van der Waals surface area contributed by atoms with Gasteiger partial charge in [0.25, 0.3) is 0 Å². The van der Waals surface area contributed by atoms with Crippen molar-refractivity contribution in [3.63, 3.8) is 0 Å². The first-order chi connectivity index (χ1) is 14.0. The molecule has 1 fully saturated rings. The lowest BCUT2D eigenvalue weighted by Gasteiger charge is -2.36. The van der Waals surface area contributed by atoms with Crippen molar-refractivity contribution in [3.05, 3.63) is 77.2 Å². The van der Waals surface area contributed by atoms with E-state index in [0.717, 1.165) is 11.1 Å². The average Bonchev–Trinajstić information content (AvgIpc) is 2.77. The Kier molecular flexibility index (Phi) is 7.19. The maximum Gasteiger partial charge on any atom is 0.237 e. The number of hydrogen-bond donors (Lipinski definition) is 1. The lowest BCUT2D eigenvalue weighted by Crippen LogP contribution is -2.54. The van der Waals surface area contributed by atoms with Crippen LogP contribution in [0.4, 0.5) is 0 Å². The van der Waals surface area contributed by atoms with E-state index in [4.69, 9.17) is 0 Å². The number of rotatable bonds is 7. The van der Waals surface area contributed by atoms with Crippen LogP contribution in [0.25, 0.3) is 6.08 Å². The summed E-state index contributed by atoms with van der Waals surface area (Å²) in [6, 6.07) is 18.8. The van der Waals surface area contributed by atoms with Crippen LogP contribution in [0, 0.1) is 0 Å². The Hall–Kier alpha value is -2.48. The molecule has 3 rings (SSSR count). The van der Waals surface area contributed by atoms with Crippen molar-refractivity contribution in [3.8, 4) is 0 Å². The largest absolute Gasteiger partial charge is 0.351 e. The molecule has 2 aromatic rings. The van der Waals surface area contributed by atoms with E-state index >= 15 is 0 Å². The molecule has 0 aliphatic carbocycles. The zero-order valence-electron chi connectivity index (χ0n) is 16.6. The lowest BCUT2D eigenvalue weighted by atomic mass is 10.2. The van der Waals surface area contributed by atoms with Crippen LogP contribution in [0.3, 0.4) is 0 Å². The van der Waals surface area contributed by atoms with Crippen molar-refractivity contribution in [2.24, 2.45) is 0 Å². The molecule has 0 saturated carbocycles. The molecule has 7 heteroatoms. The smallest absolute Gasteiger partial charge is 0.237 e. The Balaban J connectivity index is 1.50. The Morgan fingerprint density at radius 1 is 1.00 bits per heavy atom. The third-order valence-electron chi connectivity index (χ3n) is 5.10. The molecule has 1 amide bonds. The van der Waals surface area contributed by atoms with Crippen molar-refractivity contribution in [1.29, 1.82) is 0 Å². The Morgan fingerprint density at radius 3 is 2.21 bits per heavy atom. The van der Waals surface area contributed by atoms with E-state index in [1.807, 2.05) is 72.5 Å². The van der Waals surface area contributed by atoms with Crippen LogP contribution in [0.5, 0.6) is 0 Å². The highest BCUT2D eigenvalue weighted by atomic mass is 32.2. The fourth-order valence-corrected chi connectivity index (χ4v) is 4.43. The summed E-state index contributed by atoms with van der Waals surface area (Å²) < 4.78 is 26.6. The molecule has 1 heterocycles. The summed E-state index contributed by atoms with van der Waals surface area (Å²) in [5.41, 5.74) is 1.90. The number of carbonyl (C=O) groups excluding carboxylic acids is 1. The third kappa shape index (κ3) is 6.00. The van der Waals surface area contributed by atoms with Gasteiger partial charge in [0.05, 0.1) is 6.04 Å². The molecule has 1 saturated heterocycles. The number of carbonyl (C=O) groups is 1. The standard InChI is InChI=1S/C22H27N3O3S/c1-19(22(26)23-18-21-10-6-3-7-11-21)24-13-15-25(16-14-24)29(27,28)17-12-20-8-4-2-5-9-20/h2-12,17,19H,13-16,18H2,1H3,(H,23,26)/b17-12+/t19-/m1/s1. The minimum absolute atomic E-state index is 0.0471. The van der Waals surface area contributed by atoms with Gasteiger partial charge in [0, 0.05) is 38.1 Å². The first-order valence-electron chi connectivity index (χ1n) is 9.75. The van der Waals surface area contributed by atoms with Gasteiger partial charge in [0.2, 0.25) is 15.9 Å². The average molecular weight is 414 g/mol. The van der Waals surface area contributed by atoms with E-state index in [1.54, 1.807) is 6.08 Å². The monoisotopic (exact) mass is 413 g/mol. The molecule has 1 aliphatic heterocycles. The summed E-state index contributed by atoms with van der Waals surface area (Å²) in [7, 11) is -3.47. The van der Waals surface area contributed by atoms with Gasteiger partial charge in [0.15, 0.2) is 0 Å². The zero-order chi connectivity index (χ0) is 20.7. The van der Waals surface area contributed by atoms with Crippen molar-refractivity contribution >= 4 is 22.0 Å². The highest BCUT2D eigenvalue weighted by Gasteiger charge is 2.29. The predicted molar refractivity (Wildman–Crippen MR) is 115 cm³/mol. The summed E-state index contributed by atoms with van der Waals surface area (Å²) in [6.45, 7) is 4.15. The molecule has 154 valence electrons. The first kappa shape index (κ1) is 21.2. The van der Waals surface area contributed by atoms with Crippen LogP contribution >= 0.6 is 0 Å². The van der Waals surface area contributed by atoms with E-state index in [1.165, 1.54) is 9.71 Å². The minimum atomic E-state index is -3.47. The summed E-state index contributed by atoms with van der Waals surface area (Å²) >= 11 is 0. The fraction of sp³-hybridized carbons (Fsp3) is 0.318. The molecular formula is C22H27N3O3S. The number of sulfonamides is 1. The molecule has 0 spiro atoms. The van der Waals surface area contributed by atoms with Crippen molar-refractivity contribution < 1.29 is 13.2 Å². The molecule has 1 N–H and O–H groups in total. The van der Waals surface area contributed by atoms with Gasteiger partial charge in [-0.05, 0) is 24.1 Å². The van der Waals surface area contributed by atoms with Crippen molar-refractivity contribution in [1.82, 2.24) is 14.5 Å². The SMILES string of the molecule is C[C@H](C(=O)NCc1ccccc1)N1CCN(S(=O)(=O)/C=C/c2ccccc2)CC1. The molecule has 29 heavy (non-hydrogen) atoms. The van der Waals surface area contributed by atoms with Crippen LogP contribution in [0.15, 0.2) is 66.1 Å². The molecule has 2 aromatic carbocycles. The van der Waals surface area contributed by atoms with Crippen molar-refractivity contribution in [2.75, 3.05) is 26.2 Å². The summed E-state index contributed by atoms with van der Waals surface area (Å²) in [5, 5.41) is 4.21. The molecular weight excluding hydrogens is 386 g/mol. The number of hydrogen-bond acceptors (Lipinski definition) is 4. The van der Waals surface area contributed by atoms with E-state index in [-0.39, 0.29) is 11.9 Å². The van der Waals surface area contributed by atoms with Crippen LogP contribution in [-0.2, 0) is 21.4 Å². The number of nitrogens with zero attached hydrogens (tertiary/aromatic N) is 2. The number of nitrogens with one attached hydrogen (secondary N) is 1. The Morgan fingerprint density at radius 2 is 1.59 bits per heavy atom. The van der Waals surface area contributed by atoms with Crippen LogP contribution < -0.4 is 5.32 Å². The van der Waals surface area contributed by atoms with E-state index in [2.05, 4.69) is 5.32 Å². The maximum absolute atomic E-state index is 12.6. The highest BCUT2D eigenvalue weighted by molar-refractivity contribution is 7.92. The predicted octanol–water partition coefficient (Wildman–Crippen LogP) is 2.31. The minimum Gasteiger partial charge on any atom is -0.351 e. The maximum atomic E-state index is 12.6. The molecule has 0 bridgehead atoms. The van der Waals surface area contributed by atoms with Crippen LogP contribution in [0.1, 0.15) is 18.1 Å². The van der Waals surface area contributed by atoms with Gasteiger partial charge in [-0.25, -0.2) is 8.42 Å². The summed E-state index contributed by atoms with van der Waals surface area (Å²) in [5.74, 6) is -0.0471. The topological polar surface area (TPSA) is 69.7 Å². The Bertz CT molecular complexity index is 922. The summed E-state index contributed by atoms with van der Waals surface area (Å²) in [6.07, 6.45) is 1.61. The van der Waals surface area contributed by atoms with E-state index in [0.29, 0.717) is 32.7 Å². The number of piperazine rings is 1. The Labute approximate surface area is 172 Å². The van der Waals surface area contributed by atoms with Gasteiger partial charge in [-0.3, -0.25) is 9.69 Å². The lowest BCUT2D eigenvalue weighted by molar-refractivity contribution is -0.126. The number of amides is 1. The molecule has 1 aliphatic rings. The molecule has 1 atom stereocenters. The molecule has 0 radical (unpaired) electrons. The van der Waals surface area contributed by atoms with Crippen LogP contribution in [0.2, 0.25) is 0 Å². The second-order valence-corrected chi connectivity index (χ2v) is 8.89. The third-order valence-corrected chi connectivity index (χ3v) is 6.67. The molecule has 0 aromatic heterocycles. The van der Waals surface area contributed by atoms with Gasteiger partial charge >= 0.3 is 0 Å². The first-order valence-corrected chi connectivity index (χ1v) is 11.2. The second-order valence-electron chi connectivity index (χ2n) is 7.07. The van der Waals surface area contributed by atoms with E-state index in [9.17, 15) is 13.2 Å². The van der Waals surface area contributed by atoms with E-state index < -0.39 is 10.0 Å². The second kappa shape index (κ2) is 9.82. The van der Waals surface area contributed by atoms with Crippen LogP contribution in [-0.4, -0.2) is 55.8 Å². The normalized spacial score (nSPS) is 17.3. The quantitative estimate of drug-likeness (QED) is 0.756. The van der Waals surface area contributed by atoms with Crippen molar-refractivity contribution in [2.45, 2.75) is 19.5 Å². The summed E-state index contributed by atoms with van der Waals surface area (Å²) in [4.78, 5) is 14.5. The van der Waals surface area contributed by atoms with Gasteiger partial charge in [0.1, 0.15) is 0 Å². The zero-order valence-corrected chi connectivity index (χ0v) is 17.4. The molecule has 6 nitrogen and oxygen atoms in total. The van der Waals surface area contributed by atoms with Gasteiger partial charge in [-0.15, -0.1) is 0 Å². The number of benzene rings is 2. The fourth-order valence-electron chi connectivity index (χ4n) is 3.26. The van der Waals surface area contributed by atoms with Gasteiger partial charge in [-0.2, -0.15) is 4.31 Å². The molecule has 0 unspecified atom stereocenters. The van der Waals surface area contributed by atoms with Gasteiger partial charge < -0.3 is 5.32 Å². The van der Waals surface area contributed by atoms with Gasteiger partial charge in [-0.1, -0.05) is 60.7 Å².